The minimum atomic E-state index is -1.25. The van der Waals surface area contributed by atoms with E-state index in [2.05, 4.69) is 12.1 Å². The van der Waals surface area contributed by atoms with Crippen molar-refractivity contribution in [2.45, 2.75) is 52.2 Å². The molecular formula is C24H32N2O6. The summed E-state index contributed by atoms with van der Waals surface area (Å²) in [5.41, 5.74) is 2.88. The van der Waals surface area contributed by atoms with Crippen molar-refractivity contribution in [3.05, 3.63) is 58.5 Å². The average Bonchev–Trinajstić information content (AvgIpc) is 3.29. The maximum Gasteiger partial charge on any atom is 0.334 e. The van der Waals surface area contributed by atoms with Crippen LogP contribution >= 0.6 is 0 Å². The van der Waals surface area contributed by atoms with Gasteiger partial charge in [0.25, 0.3) is 5.91 Å². The fourth-order valence-corrected chi connectivity index (χ4v) is 4.39. The van der Waals surface area contributed by atoms with Crippen LogP contribution in [0.5, 0.6) is 0 Å². The highest BCUT2D eigenvalue weighted by molar-refractivity contribution is 5.88. The number of carbonyl (C=O) groups is 2. The van der Waals surface area contributed by atoms with Gasteiger partial charge in [0, 0.05) is 13.1 Å². The molecule has 0 radical (unpaired) electrons. The third-order valence-electron chi connectivity index (χ3n) is 6.07. The Morgan fingerprint density at radius 1 is 1.12 bits per heavy atom. The third-order valence-corrected chi connectivity index (χ3v) is 6.07. The van der Waals surface area contributed by atoms with Gasteiger partial charge in [0.05, 0.1) is 26.9 Å². The van der Waals surface area contributed by atoms with E-state index < -0.39 is 11.5 Å². The Morgan fingerprint density at radius 3 is 2.31 bits per heavy atom. The number of hydrogen-bond acceptors (Lipinski definition) is 7. The Labute approximate surface area is 188 Å². The van der Waals surface area contributed by atoms with Crippen LogP contribution in [-0.4, -0.2) is 54.9 Å². The van der Waals surface area contributed by atoms with Gasteiger partial charge in [-0.3, -0.25) is 9.63 Å². The van der Waals surface area contributed by atoms with E-state index in [1.807, 2.05) is 20.8 Å². The number of nitrogens with zero attached hydrogens (tertiary/aromatic N) is 2. The van der Waals surface area contributed by atoms with Crippen LogP contribution in [0.4, 0.5) is 0 Å². The molecule has 0 saturated carbocycles. The molecule has 8 heteroatoms. The van der Waals surface area contributed by atoms with Crippen molar-refractivity contribution in [3.8, 4) is 0 Å². The van der Waals surface area contributed by atoms with Crippen molar-refractivity contribution in [1.82, 2.24) is 10.1 Å². The summed E-state index contributed by atoms with van der Waals surface area (Å²) in [7, 11) is 2.92. The van der Waals surface area contributed by atoms with E-state index in [0.29, 0.717) is 31.7 Å². The first-order valence-electron chi connectivity index (χ1n) is 10.7. The lowest BCUT2D eigenvalue weighted by molar-refractivity contribution is -0.253. The molecule has 2 heterocycles. The zero-order chi connectivity index (χ0) is 23.3. The molecule has 2 aromatic rings. The maximum absolute atomic E-state index is 13.7. The second-order valence-electron chi connectivity index (χ2n) is 8.23. The van der Waals surface area contributed by atoms with Gasteiger partial charge >= 0.3 is 5.97 Å². The monoisotopic (exact) mass is 444 g/mol. The molecule has 0 bridgehead atoms. The van der Waals surface area contributed by atoms with Gasteiger partial charge < -0.3 is 14.0 Å². The van der Waals surface area contributed by atoms with Crippen LogP contribution in [-0.2, 0) is 37.0 Å². The molecular weight excluding hydrogens is 412 g/mol. The van der Waals surface area contributed by atoms with E-state index in [1.165, 1.54) is 18.4 Å². The molecule has 0 spiro atoms. The topological polar surface area (TPSA) is 81.4 Å². The van der Waals surface area contributed by atoms with Crippen LogP contribution in [0.25, 0.3) is 0 Å². The van der Waals surface area contributed by atoms with Gasteiger partial charge in [0.2, 0.25) is 0 Å². The van der Waals surface area contributed by atoms with Gasteiger partial charge in [-0.05, 0) is 62.4 Å². The highest BCUT2D eigenvalue weighted by Crippen LogP contribution is 2.33. The number of amides is 1. The van der Waals surface area contributed by atoms with Crippen LogP contribution in [0.15, 0.2) is 34.9 Å². The molecule has 1 aromatic heterocycles. The Hall–Kier alpha value is -2.68. The average molecular weight is 445 g/mol. The molecule has 1 aromatic carbocycles. The number of furan rings is 1. The summed E-state index contributed by atoms with van der Waals surface area (Å²) < 4.78 is 10.5. The molecule has 0 aliphatic carbocycles. The fourth-order valence-electron chi connectivity index (χ4n) is 4.39. The van der Waals surface area contributed by atoms with Crippen molar-refractivity contribution in [1.29, 1.82) is 0 Å². The zero-order valence-corrected chi connectivity index (χ0v) is 19.5. The number of rotatable bonds is 8. The Kier molecular flexibility index (Phi) is 7.71. The molecule has 3 rings (SSSR count). The molecule has 1 amide bonds. The lowest BCUT2D eigenvalue weighted by atomic mass is 9.86. The fraction of sp³-hybridized carbons (Fsp3) is 0.500. The second-order valence-corrected chi connectivity index (χ2v) is 8.23. The molecule has 1 saturated heterocycles. The molecule has 8 nitrogen and oxygen atoms in total. The van der Waals surface area contributed by atoms with E-state index in [4.69, 9.17) is 18.8 Å². The van der Waals surface area contributed by atoms with E-state index in [1.54, 1.807) is 24.3 Å². The van der Waals surface area contributed by atoms with Gasteiger partial charge in [0.15, 0.2) is 5.54 Å². The van der Waals surface area contributed by atoms with Crippen LogP contribution < -0.4 is 0 Å². The van der Waals surface area contributed by atoms with Crippen molar-refractivity contribution in [2.24, 2.45) is 0 Å². The molecule has 0 N–H and O–H groups in total. The van der Waals surface area contributed by atoms with Crippen molar-refractivity contribution < 1.29 is 28.4 Å². The summed E-state index contributed by atoms with van der Waals surface area (Å²) in [6.07, 6.45) is 2.30. The molecule has 1 aliphatic rings. The summed E-state index contributed by atoms with van der Waals surface area (Å²) in [4.78, 5) is 38.0. The van der Waals surface area contributed by atoms with Crippen molar-refractivity contribution >= 4 is 11.9 Å². The van der Waals surface area contributed by atoms with E-state index in [0.717, 1.165) is 22.3 Å². The molecule has 1 aliphatic heterocycles. The molecule has 32 heavy (non-hydrogen) atoms. The van der Waals surface area contributed by atoms with Crippen molar-refractivity contribution in [2.75, 3.05) is 27.3 Å². The minimum absolute atomic E-state index is 0.0251. The smallest absolute Gasteiger partial charge is 0.334 e. The second kappa shape index (κ2) is 10.3. The first-order valence-corrected chi connectivity index (χ1v) is 10.7. The molecule has 174 valence electrons. The number of aryl methyl sites for hydroxylation is 3. The van der Waals surface area contributed by atoms with Gasteiger partial charge in [-0.15, -0.1) is 0 Å². The highest BCUT2D eigenvalue weighted by atomic mass is 16.7. The van der Waals surface area contributed by atoms with E-state index in [-0.39, 0.29) is 18.9 Å². The standard InChI is InChI=1S/C24H32N2O6/c1-17-13-18(2)21(19(3)14-17)15-22(27)26(32-16-20-7-6-12-31-20)24(23(28)29-4)8-10-25(30-5)11-9-24/h6-7,12-14H,8-11,15-16H2,1-5H3. The van der Waals surface area contributed by atoms with E-state index >= 15 is 0 Å². The van der Waals surface area contributed by atoms with Crippen LogP contribution in [0.3, 0.4) is 0 Å². The zero-order valence-electron chi connectivity index (χ0n) is 19.5. The Morgan fingerprint density at radius 2 is 1.78 bits per heavy atom. The highest BCUT2D eigenvalue weighted by Gasteiger charge is 2.51. The lowest BCUT2D eigenvalue weighted by Gasteiger charge is -2.44. The first-order chi connectivity index (χ1) is 15.3. The quantitative estimate of drug-likeness (QED) is 0.457. The summed E-state index contributed by atoms with van der Waals surface area (Å²) >= 11 is 0. The summed E-state index contributed by atoms with van der Waals surface area (Å²) in [6, 6.07) is 7.61. The van der Waals surface area contributed by atoms with Crippen LogP contribution in [0.1, 0.15) is 40.9 Å². The number of carbonyl (C=O) groups excluding carboxylic acids is 2. The van der Waals surface area contributed by atoms with Gasteiger partial charge in [-0.2, -0.15) is 5.06 Å². The number of hydrogen-bond donors (Lipinski definition) is 0. The predicted molar refractivity (Wildman–Crippen MR) is 117 cm³/mol. The molecule has 0 unspecified atom stereocenters. The molecule has 1 fully saturated rings. The number of ether oxygens (including phenoxy) is 1. The summed E-state index contributed by atoms with van der Waals surface area (Å²) in [5.74, 6) is -0.249. The number of benzene rings is 1. The predicted octanol–water partition coefficient (Wildman–Crippen LogP) is 3.28. The summed E-state index contributed by atoms with van der Waals surface area (Å²) in [6.45, 7) is 6.95. The maximum atomic E-state index is 13.7. The Bertz CT molecular complexity index is 909. The largest absolute Gasteiger partial charge is 0.467 e. The lowest BCUT2D eigenvalue weighted by Crippen LogP contribution is -2.62. The minimum Gasteiger partial charge on any atom is -0.467 e. The number of methoxy groups -OCH3 is 1. The normalized spacial score (nSPS) is 16.0. The van der Waals surface area contributed by atoms with Crippen molar-refractivity contribution in [3.63, 3.8) is 0 Å². The Balaban J connectivity index is 1.94. The SMILES string of the molecule is COC(=O)C1(N(OCc2ccco2)C(=O)Cc2c(C)cc(C)cc2C)CCN(OC)CC1. The first kappa shape index (κ1) is 24.0. The van der Waals surface area contributed by atoms with E-state index in [9.17, 15) is 9.59 Å². The number of piperidine rings is 1. The third kappa shape index (κ3) is 5.03. The van der Waals surface area contributed by atoms with Gasteiger partial charge in [-0.1, -0.05) is 17.7 Å². The van der Waals surface area contributed by atoms with Gasteiger partial charge in [-0.25, -0.2) is 9.86 Å². The van der Waals surface area contributed by atoms with Crippen LogP contribution in [0.2, 0.25) is 0 Å². The summed E-state index contributed by atoms with van der Waals surface area (Å²) in [5, 5.41) is 2.98. The van der Waals surface area contributed by atoms with Gasteiger partial charge in [0.1, 0.15) is 12.4 Å². The number of esters is 1. The molecule has 0 atom stereocenters. The van der Waals surface area contributed by atoms with Crippen LogP contribution in [0, 0.1) is 20.8 Å². The number of hydroxylamine groups is 4.